The Labute approximate surface area is 115 Å². The number of nitrogens with one attached hydrogen (secondary N) is 1. The molecule has 0 aliphatic carbocycles. The summed E-state index contributed by atoms with van der Waals surface area (Å²) in [4.78, 5) is 14.0. The smallest absolute Gasteiger partial charge is 0.254 e. The first-order valence-electron chi connectivity index (χ1n) is 5.70. The molecule has 1 saturated heterocycles. The fourth-order valence-electron chi connectivity index (χ4n) is 2.03. The van der Waals surface area contributed by atoms with Crippen molar-refractivity contribution >= 4 is 29.1 Å². The van der Waals surface area contributed by atoms with Gasteiger partial charge in [-0.1, -0.05) is 23.2 Å². The van der Waals surface area contributed by atoms with Gasteiger partial charge in [-0.15, -0.1) is 0 Å². The predicted molar refractivity (Wildman–Crippen MR) is 71.2 cm³/mol. The average Bonchev–Trinajstić information content (AvgIpc) is 2.36. The molecular weight excluding hydrogens is 275 g/mol. The monoisotopic (exact) mass is 288 g/mol. The fourth-order valence-corrected chi connectivity index (χ4v) is 2.56. The molecule has 1 atom stereocenters. The van der Waals surface area contributed by atoms with Crippen LogP contribution in [-0.4, -0.2) is 48.2 Å². The number of aliphatic hydroxyl groups excluding tert-OH is 1. The first kappa shape index (κ1) is 13.6. The second-order valence-electron chi connectivity index (χ2n) is 4.20. The van der Waals surface area contributed by atoms with Crippen LogP contribution in [-0.2, 0) is 0 Å². The minimum Gasteiger partial charge on any atom is -0.394 e. The molecule has 0 radical (unpaired) electrons. The van der Waals surface area contributed by atoms with Crippen LogP contribution in [0.5, 0.6) is 0 Å². The summed E-state index contributed by atoms with van der Waals surface area (Å²) in [6, 6.07) is 4.56. The summed E-state index contributed by atoms with van der Waals surface area (Å²) in [5.74, 6) is -0.153. The van der Waals surface area contributed by atoms with Crippen molar-refractivity contribution in [2.75, 3.05) is 26.2 Å². The van der Waals surface area contributed by atoms with Crippen molar-refractivity contribution < 1.29 is 9.90 Å². The lowest BCUT2D eigenvalue weighted by atomic mass is 10.1. The largest absolute Gasteiger partial charge is 0.394 e. The minimum atomic E-state index is -0.205. The summed E-state index contributed by atoms with van der Waals surface area (Å²) in [6.45, 7) is 1.81. The van der Waals surface area contributed by atoms with E-state index in [-0.39, 0.29) is 18.6 Å². The van der Waals surface area contributed by atoms with E-state index in [2.05, 4.69) is 5.32 Å². The molecule has 0 saturated carbocycles. The summed E-state index contributed by atoms with van der Waals surface area (Å²) >= 11 is 11.8. The zero-order valence-electron chi connectivity index (χ0n) is 9.70. The average molecular weight is 289 g/mol. The number of benzene rings is 1. The highest BCUT2D eigenvalue weighted by molar-refractivity contribution is 6.35. The van der Waals surface area contributed by atoms with E-state index >= 15 is 0 Å². The van der Waals surface area contributed by atoms with Crippen molar-refractivity contribution in [3.63, 3.8) is 0 Å². The zero-order valence-corrected chi connectivity index (χ0v) is 11.2. The predicted octanol–water partition coefficient (Wildman–Crippen LogP) is 1.40. The molecule has 1 aromatic rings. The topological polar surface area (TPSA) is 52.6 Å². The molecule has 1 heterocycles. The first-order chi connectivity index (χ1) is 8.61. The Hall–Kier alpha value is -0.810. The van der Waals surface area contributed by atoms with Gasteiger partial charge in [0.2, 0.25) is 0 Å². The van der Waals surface area contributed by atoms with E-state index in [4.69, 9.17) is 23.2 Å². The Morgan fingerprint density at radius 3 is 2.67 bits per heavy atom. The molecule has 2 rings (SSSR count). The quantitative estimate of drug-likeness (QED) is 0.865. The molecule has 98 valence electrons. The number of carbonyl (C=O) groups is 1. The number of piperazine rings is 1. The van der Waals surface area contributed by atoms with Crippen LogP contribution < -0.4 is 5.32 Å². The zero-order chi connectivity index (χ0) is 13.1. The highest BCUT2D eigenvalue weighted by Gasteiger charge is 2.26. The van der Waals surface area contributed by atoms with Crippen molar-refractivity contribution in [3.8, 4) is 0 Å². The van der Waals surface area contributed by atoms with Gasteiger partial charge in [0.1, 0.15) is 0 Å². The molecular formula is C12H14Cl2N2O2. The van der Waals surface area contributed by atoms with Crippen molar-refractivity contribution in [2.45, 2.75) is 6.04 Å². The number of hydrogen-bond acceptors (Lipinski definition) is 3. The standard InChI is InChI=1S/C12H14Cl2N2O2/c13-9-3-8(4-10(14)5-9)12(18)16-2-1-15-6-11(16)7-17/h3-5,11,15,17H,1-2,6-7H2. The lowest BCUT2D eigenvalue weighted by Gasteiger charge is -2.35. The van der Waals surface area contributed by atoms with Crippen LogP contribution >= 0.6 is 23.2 Å². The van der Waals surface area contributed by atoms with Gasteiger partial charge in [0.25, 0.3) is 5.91 Å². The molecule has 0 spiro atoms. The van der Waals surface area contributed by atoms with Crippen LogP contribution in [0.3, 0.4) is 0 Å². The van der Waals surface area contributed by atoms with Crippen LogP contribution in [0.1, 0.15) is 10.4 Å². The molecule has 1 aliphatic heterocycles. The van der Waals surface area contributed by atoms with E-state index < -0.39 is 0 Å². The van der Waals surface area contributed by atoms with E-state index in [0.29, 0.717) is 28.7 Å². The van der Waals surface area contributed by atoms with Gasteiger partial charge in [0.05, 0.1) is 12.6 Å². The molecule has 1 aromatic carbocycles. The lowest BCUT2D eigenvalue weighted by Crippen LogP contribution is -2.55. The van der Waals surface area contributed by atoms with Crippen LogP contribution in [0.4, 0.5) is 0 Å². The highest BCUT2D eigenvalue weighted by Crippen LogP contribution is 2.21. The number of halogens is 2. The van der Waals surface area contributed by atoms with Gasteiger partial charge < -0.3 is 15.3 Å². The van der Waals surface area contributed by atoms with E-state index in [1.165, 1.54) is 0 Å². The Morgan fingerprint density at radius 2 is 2.06 bits per heavy atom. The van der Waals surface area contributed by atoms with Gasteiger partial charge in [-0.25, -0.2) is 0 Å². The SMILES string of the molecule is O=C(c1cc(Cl)cc(Cl)c1)N1CCNCC1CO. The van der Waals surface area contributed by atoms with Crippen LogP contribution in [0.25, 0.3) is 0 Å². The minimum absolute atomic E-state index is 0.0625. The molecule has 6 heteroatoms. The van der Waals surface area contributed by atoms with E-state index in [0.717, 1.165) is 6.54 Å². The molecule has 1 aliphatic rings. The second-order valence-corrected chi connectivity index (χ2v) is 5.07. The summed E-state index contributed by atoms with van der Waals surface area (Å²) in [5.41, 5.74) is 0.452. The maximum Gasteiger partial charge on any atom is 0.254 e. The Balaban J connectivity index is 2.23. The maximum atomic E-state index is 12.3. The van der Waals surface area contributed by atoms with Crippen LogP contribution in [0.15, 0.2) is 18.2 Å². The molecule has 2 N–H and O–H groups in total. The lowest BCUT2D eigenvalue weighted by molar-refractivity contribution is 0.0536. The van der Waals surface area contributed by atoms with Crippen molar-refractivity contribution in [3.05, 3.63) is 33.8 Å². The third kappa shape index (κ3) is 2.95. The molecule has 1 amide bonds. The first-order valence-corrected chi connectivity index (χ1v) is 6.46. The number of carbonyl (C=O) groups excluding carboxylic acids is 1. The third-order valence-corrected chi connectivity index (χ3v) is 3.37. The van der Waals surface area contributed by atoms with Gasteiger partial charge in [-0.2, -0.15) is 0 Å². The van der Waals surface area contributed by atoms with E-state index in [1.807, 2.05) is 0 Å². The summed E-state index contributed by atoms with van der Waals surface area (Å²) in [7, 11) is 0. The summed E-state index contributed by atoms with van der Waals surface area (Å²) in [6.07, 6.45) is 0. The van der Waals surface area contributed by atoms with Gasteiger partial charge in [0.15, 0.2) is 0 Å². The molecule has 0 aromatic heterocycles. The van der Waals surface area contributed by atoms with Crippen molar-refractivity contribution in [1.29, 1.82) is 0 Å². The van der Waals surface area contributed by atoms with Crippen LogP contribution in [0, 0.1) is 0 Å². The Bertz CT molecular complexity index is 433. The maximum absolute atomic E-state index is 12.3. The molecule has 0 bridgehead atoms. The van der Waals surface area contributed by atoms with E-state index in [9.17, 15) is 9.90 Å². The van der Waals surface area contributed by atoms with Gasteiger partial charge in [-0.05, 0) is 18.2 Å². The molecule has 4 nitrogen and oxygen atoms in total. The highest BCUT2D eigenvalue weighted by atomic mass is 35.5. The molecule has 1 unspecified atom stereocenters. The molecule has 18 heavy (non-hydrogen) atoms. The van der Waals surface area contributed by atoms with Crippen molar-refractivity contribution in [1.82, 2.24) is 10.2 Å². The Morgan fingerprint density at radius 1 is 1.39 bits per heavy atom. The molecule has 1 fully saturated rings. The number of rotatable bonds is 2. The van der Waals surface area contributed by atoms with Gasteiger partial charge in [-0.3, -0.25) is 4.79 Å². The summed E-state index contributed by atoms with van der Waals surface area (Å²) < 4.78 is 0. The van der Waals surface area contributed by atoms with Crippen molar-refractivity contribution in [2.24, 2.45) is 0 Å². The van der Waals surface area contributed by atoms with E-state index in [1.54, 1.807) is 23.1 Å². The number of hydrogen-bond donors (Lipinski definition) is 2. The third-order valence-electron chi connectivity index (χ3n) is 2.93. The van der Waals surface area contributed by atoms with Gasteiger partial charge in [0, 0.05) is 35.2 Å². The van der Waals surface area contributed by atoms with Gasteiger partial charge >= 0.3 is 0 Å². The van der Waals surface area contributed by atoms with Crippen LogP contribution in [0.2, 0.25) is 10.0 Å². The number of aliphatic hydroxyl groups is 1. The Kier molecular flexibility index (Phi) is 4.45. The summed E-state index contributed by atoms with van der Waals surface area (Å²) in [5, 5.41) is 13.3. The number of amides is 1. The second kappa shape index (κ2) is 5.89. The number of nitrogens with zero attached hydrogens (tertiary/aromatic N) is 1. The fraction of sp³-hybridized carbons (Fsp3) is 0.417. The normalized spacial score (nSPS) is 19.9.